The molecule has 0 saturated carbocycles. The summed E-state index contributed by atoms with van der Waals surface area (Å²) in [6.07, 6.45) is 3.11. The van der Waals surface area contributed by atoms with Crippen molar-refractivity contribution < 1.29 is 4.79 Å². The number of carbonyl (C=O) groups is 1. The van der Waals surface area contributed by atoms with E-state index >= 15 is 0 Å². The topological polar surface area (TPSA) is 55.1 Å². The molecule has 0 bridgehead atoms. The van der Waals surface area contributed by atoms with Crippen LogP contribution in [0.4, 0.5) is 0 Å². The number of nitrogens with one attached hydrogen (secondary N) is 1. The molecule has 13 heavy (non-hydrogen) atoms. The van der Waals surface area contributed by atoms with Crippen molar-refractivity contribution >= 4 is 5.91 Å². The Balaban J connectivity index is 3.88. The van der Waals surface area contributed by atoms with E-state index in [0.717, 1.165) is 25.8 Å². The van der Waals surface area contributed by atoms with Crippen molar-refractivity contribution in [1.82, 2.24) is 5.32 Å². The van der Waals surface area contributed by atoms with Crippen molar-refractivity contribution in [2.24, 2.45) is 5.73 Å². The molecule has 0 radical (unpaired) electrons. The van der Waals surface area contributed by atoms with E-state index in [2.05, 4.69) is 18.8 Å². The molecule has 0 rings (SSSR count). The molecule has 0 aromatic heterocycles. The normalized spacial score (nSPS) is 12.5. The minimum atomic E-state index is -0.407. The second-order valence-electron chi connectivity index (χ2n) is 3.16. The summed E-state index contributed by atoms with van der Waals surface area (Å²) in [5, 5.41) is 3.25. The van der Waals surface area contributed by atoms with Crippen LogP contribution in [0.3, 0.4) is 0 Å². The van der Waals surface area contributed by atoms with E-state index in [1.807, 2.05) is 6.92 Å². The number of rotatable bonds is 7. The largest absolute Gasteiger partial charge is 0.366 e. The van der Waals surface area contributed by atoms with Crippen LogP contribution in [-0.2, 0) is 4.79 Å². The molecule has 0 saturated heterocycles. The molecule has 0 aliphatic heterocycles. The van der Waals surface area contributed by atoms with Gasteiger partial charge in [0.2, 0.25) is 5.91 Å². The summed E-state index contributed by atoms with van der Waals surface area (Å²) >= 11 is 0. The second kappa shape index (κ2) is 6.66. The van der Waals surface area contributed by atoms with E-state index in [1.165, 1.54) is 0 Å². The van der Waals surface area contributed by atoms with Gasteiger partial charge in [0.25, 0.3) is 0 Å². The van der Waals surface area contributed by atoms with Gasteiger partial charge >= 0.3 is 0 Å². The van der Waals surface area contributed by atoms with Crippen molar-refractivity contribution in [2.45, 2.75) is 39.2 Å². The van der Waals surface area contributed by atoms with Crippen molar-refractivity contribution in [2.75, 3.05) is 6.54 Å². The number of primary amides is 1. The van der Waals surface area contributed by atoms with Crippen molar-refractivity contribution in [3.05, 3.63) is 12.2 Å². The highest BCUT2D eigenvalue weighted by atomic mass is 16.1. The minimum absolute atomic E-state index is 0.0454. The maximum absolute atomic E-state index is 10.8. The molecular weight excluding hydrogens is 164 g/mol. The first-order valence-corrected chi connectivity index (χ1v) is 4.85. The van der Waals surface area contributed by atoms with E-state index in [0.29, 0.717) is 5.57 Å². The van der Waals surface area contributed by atoms with Crippen LogP contribution in [0.1, 0.15) is 33.1 Å². The molecule has 3 heteroatoms. The third-order valence-corrected chi connectivity index (χ3v) is 2.07. The molecule has 0 fully saturated rings. The summed E-state index contributed by atoms with van der Waals surface area (Å²) in [5.74, 6) is -0.407. The van der Waals surface area contributed by atoms with Crippen LogP contribution in [0.2, 0.25) is 0 Å². The average Bonchev–Trinajstić information content (AvgIpc) is 2.11. The summed E-state index contributed by atoms with van der Waals surface area (Å²) in [6.45, 7) is 8.73. The van der Waals surface area contributed by atoms with Gasteiger partial charge in [-0.2, -0.15) is 0 Å². The Kier molecular flexibility index (Phi) is 6.24. The van der Waals surface area contributed by atoms with Crippen molar-refractivity contribution in [1.29, 1.82) is 0 Å². The number of nitrogens with two attached hydrogens (primary N) is 1. The SMILES string of the molecule is C=C(C(N)=O)C(CC)NCCCC. The van der Waals surface area contributed by atoms with Crippen LogP contribution in [0, 0.1) is 0 Å². The van der Waals surface area contributed by atoms with Gasteiger partial charge in [-0.15, -0.1) is 0 Å². The molecular formula is C10H20N2O. The van der Waals surface area contributed by atoms with Crippen LogP contribution in [0.5, 0.6) is 0 Å². The molecule has 0 aromatic rings. The Bertz CT molecular complexity index is 178. The molecule has 0 heterocycles. The predicted octanol–water partition coefficient (Wildman–Crippen LogP) is 1.20. The lowest BCUT2D eigenvalue weighted by molar-refractivity contribution is -0.114. The highest BCUT2D eigenvalue weighted by molar-refractivity contribution is 5.92. The molecule has 0 aromatic carbocycles. The molecule has 1 unspecified atom stereocenters. The number of hydrogen-bond acceptors (Lipinski definition) is 2. The van der Waals surface area contributed by atoms with E-state index in [1.54, 1.807) is 0 Å². The summed E-state index contributed by atoms with van der Waals surface area (Å²) in [6, 6.07) is 0.0454. The third-order valence-electron chi connectivity index (χ3n) is 2.07. The van der Waals surface area contributed by atoms with Crippen LogP contribution in [-0.4, -0.2) is 18.5 Å². The van der Waals surface area contributed by atoms with Crippen LogP contribution < -0.4 is 11.1 Å². The summed E-state index contributed by atoms with van der Waals surface area (Å²) in [4.78, 5) is 10.8. The van der Waals surface area contributed by atoms with Crippen molar-refractivity contribution in [3.63, 3.8) is 0 Å². The highest BCUT2D eigenvalue weighted by Crippen LogP contribution is 2.03. The molecule has 1 atom stereocenters. The number of unbranched alkanes of at least 4 members (excludes halogenated alkanes) is 1. The van der Waals surface area contributed by atoms with E-state index < -0.39 is 5.91 Å². The quantitative estimate of drug-likeness (QED) is 0.461. The maximum Gasteiger partial charge on any atom is 0.245 e. The lowest BCUT2D eigenvalue weighted by atomic mass is 10.1. The zero-order valence-electron chi connectivity index (χ0n) is 8.60. The van der Waals surface area contributed by atoms with Crippen LogP contribution >= 0.6 is 0 Å². The molecule has 0 aliphatic rings. The van der Waals surface area contributed by atoms with Gasteiger partial charge in [0.15, 0.2) is 0 Å². The number of amides is 1. The predicted molar refractivity (Wildman–Crippen MR) is 55.3 cm³/mol. The molecule has 0 aliphatic carbocycles. The lowest BCUT2D eigenvalue weighted by Gasteiger charge is -2.16. The van der Waals surface area contributed by atoms with Crippen molar-refractivity contribution in [3.8, 4) is 0 Å². The van der Waals surface area contributed by atoms with Gasteiger partial charge < -0.3 is 11.1 Å². The second-order valence-corrected chi connectivity index (χ2v) is 3.16. The Morgan fingerprint density at radius 1 is 1.54 bits per heavy atom. The fraction of sp³-hybridized carbons (Fsp3) is 0.700. The van der Waals surface area contributed by atoms with Gasteiger partial charge in [0, 0.05) is 11.6 Å². The molecule has 0 spiro atoms. The van der Waals surface area contributed by atoms with Crippen LogP contribution in [0.15, 0.2) is 12.2 Å². The summed E-state index contributed by atoms with van der Waals surface area (Å²) in [5.41, 5.74) is 5.62. The fourth-order valence-corrected chi connectivity index (χ4v) is 1.14. The summed E-state index contributed by atoms with van der Waals surface area (Å²) < 4.78 is 0. The van der Waals surface area contributed by atoms with E-state index in [-0.39, 0.29) is 6.04 Å². The molecule has 76 valence electrons. The van der Waals surface area contributed by atoms with Crippen LogP contribution in [0.25, 0.3) is 0 Å². The Hall–Kier alpha value is -0.830. The van der Waals surface area contributed by atoms with E-state index in [9.17, 15) is 4.79 Å². The first kappa shape index (κ1) is 12.2. The minimum Gasteiger partial charge on any atom is -0.366 e. The van der Waals surface area contributed by atoms with Gasteiger partial charge in [0.05, 0.1) is 0 Å². The molecule has 3 N–H and O–H groups in total. The fourth-order valence-electron chi connectivity index (χ4n) is 1.14. The Labute approximate surface area is 80.4 Å². The Morgan fingerprint density at radius 2 is 2.15 bits per heavy atom. The van der Waals surface area contributed by atoms with Gasteiger partial charge in [0.1, 0.15) is 0 Å². The highest BCUT2D eigenvalue weighted by Gasteiger charge is 2.13. The monoisotopic (exact) mass is 184 g/mol. The summed E-state index contributed by atoms with van der Waals surface area (Å²) in [7, 11) is 0. The smallest absolute Gasteiger partial charge is 0.245 e. The zero-order chi connectivity index (χ0) is 10.3. The number of hydrogen-bond donors (Lipinski definition) is 2. The maximum atomic E-state index is 10.8. The molecule has 3 nitrogen and oxygen atoms in total. The Morgan fingerprint density at radius 3 is 2.54 bits per heavy atom. The molecule has 1 amide bonds. The van der Waals surface area contributed by atoms with Gasteiger partial charge in [-0.1, -0.05) is 26.8 Å². The average molecular weight is 184 g/mol. The van der Waals surface area contributed by atoms with E-state index in [4.69, 9.17) is 5.73 Å². The lowest BCUT2D eigenvalue weighted by Crippen LogP contribution is -2.35. The van der Waals surface area contributed by atoms with Gasteiger partial charge in [-0.3, -0.25) is 4.79 Å². The van der Waals surface area contributed by atoms with Gasteiger partial charge in [-0.05, 0) is 19.4 Å². The van der Waals surface area contributed by atoms with Gasteiger partial charge in [-0.25, -0.2) is 0 Å². The standard InChI is InChI=1S/C10H20N2O/c1-4-6-7-12-9(5-2)8(3)10(11)13/h9,12H,3-7H2,1-2H3,(H2,11,13). The zero-order valence-corrected chi connectivity index (χ0v) is 8.60. The third kappa shape index (κ3) is 4.68. The number of carbonyl (C=O) groups excluding carboxylic acids is 1. The first-order valence-electron chi connectivity index (χ1n) is 4.85. The first-order chi connectivity index (χ1) is 6.13.